The van der Waals surface area contributed by atoms with Gasteiger partial charge in [-0.2, -0.15) is 0 Å². The van der Waals surface area contributed by atoms with Gasteiger partial charge in [0.2, 0.25) is 0 Å². The number of carbonyl (C=O) groups excluding carboxylic acids is 2. The van der Waals surface area contributed by atoms with E-state index in [9.17, 15) is 19.5 Å². The summed E-state index contributed by atoms with van der Waals surface area (Å²) in [4.78, 5) is 32.6. The van der Waals surface area contributed by atoms with Crippen molar-refractivity contribution in [2.75, 3.05) is 6.61 Å². The molecular weight excluding hydrogens is 240 g/mol. The number of aldehydes is 1. The first-order valence-corrected chi connectivity index (χ1v) is 5.17. The second kappa shape index (κ2) is 6.51. The fraction of sp³-hybridized carbons (Fsp3) is 0.250. The molecule has 1 aromatic carbocycles. The highest BCUT2D eigenvalue weighted by Gasteiger charge is 2.17. The molecule has 6 nitrogen and oxygen atoms in total. The first-order valence-electron chi connectivity index (χ1n) is 5.17. The van der Waals surface area contributed by atoms with Gasteiger partial charge >= 0.3 is 11.9 Å². The van der Waals surface area contributed by atoms with Crippen molar-refractivity contribution >= 4 is 18.2 Å². The van der Waals surface area contributed by atoms with Crippen LogP contribution in [0.25, 0.3) is 0 Å². The maximum absolute atomic E-state index is 11.6. The second-order valence-electron chi connectivity index (χ2n) is 3.51. The summed E-state index contributed by atoms with van der Waals surface area (Å²) in [6.07, 6.45) is -0.721. The molecule has 0 aliphatic rings. The van der Waals surface area contributed by atoms with Gasteiger partial charge in [-0.15, -0.1) is 0 Å². The topological polar surface area (TPSA) is 101 Å². The molecule has 96 valence electrons. The van der Waals surface area contributed by atoms with Gasteiger partial charge in [0, 0.05) is 6.42 Å². The van der Waals surface area contributed by atoms with Gasteiger partial charge in [-0.1, -0.05) is 12.1 Å². The quantitative estimate of drug-likeness (QED) is 0.564. The SMILES string of the molecule is O=CCC(O)COC(=O)c1ccccc1C(=O)O. The molecule has 0 fully saturated rings. The number of aliphatic hydroxyl groups excluding tert-OH is 1. The molecule has 0 saturated heterocycles. The van der Waals surface area contributed by atoms with E-state index in [1.807, 2.05) is 0 Å². The van der Waals surface area contributed by atoms with Crippen LogP contribution in [0.15, 0.2) is 24.3 Å². The fourth-order valence-electron chi connectivity index (χ4n) is 1.28. The average Bonchev–Trinajstić information content (AvgIpc) is 2.36. The Balaban J connectivity index is 2.72. The Labute approximate surface area is 103 Å². The summed E-state index contributed by atoms with van der Waals surface area (Å²) in [7, 11) is 0. The van der Waals surface area contributed by atoms with Crippen molar-refractivity contribution in [3.05, 3.63) is 35.4 Å². The molecule has 18 heavy (non-hydrogen) atoms. The summed E-state index contributed by atoms with van der Waals surface area (Å²) in [5, 5.41) is 18.1. The lowest BCUT2D eigenvalue weighted by Gasteiger charge is -2.09. The molecule has 1 atom stereocenters. The van der Waals surface area contributed by atoms with E-state index in [1.165, 1.54) is 24.3 Å². The minimum absolute atomic E-state index is 0.0942. The van der Waals surface area contributed by atoms with Crippen LogP contribution in [0.4, 0.5) is 0 Å². The van der Waals surface area contributed by atoms with E-state index in [4.69, 9.17) is 9.84 Å². The normalized spacial score (nSPS) is 11.6. The summed E-state index contributed by atoms with van der Waals surface area (Å²) in [6.45, 7) is -0.356. The Kier molecular flexibility index (Phi) is 5.01. The summed E-state index contributed by atoms with van der Waals surface area (Å²) in [5.74, 6) is -2.09. The van der Waals surface area contributed by atoms with Gasteiger partial charge < -0.3 is 19.7 Å². The highest BCUT2D eigenvalue weighted by molar-refractivity contribution is 6.02. The molecule has 1 unspecified atom stereocenters. The number of hydrogen-bond acceptors (Lipinski definition) is 5. The van der Waals surface area contributed by atoms with Crippen molar-refractivity contribution in [3.8, 4) is 0 Å². The zero-order valence-corrected chi connectivity index (χ0v) is 9.41. The van der Waals surface area contributed by atoms with Gasteiger partial charge in [-0.25, -0.2) is 9.59 Å². The van der Waals surface area contributed by atoms with Crippen molar-refractivity contribution < 1.29 is 29.3 Å². The van der Waals surface area contributed by atoms with E-state index in [0.717, 1.165) is 0 Å². The molecule has 0 bridgehead atoms. The van der Waals surface area contributed by atoms with Crippen molar-refractivity contribution in [1.82, 2.24) is 0 Å². The Bertz CT molecular complexity index is 454. The lowest BCUT2D eigenvalue weighted by molar-refractivity contribution is -0.110. The van der Waals surface area contributed by atoms with Crippen LogP contribution < -0.4 is 0 Å². The van der Waals surface area contributed by atoms with Crippen LogP contribution >= 0.6 is 0 Å². The van der Waals surface area contributed by atoms with Crippen molar-refractivity contribution in [3.63, 3.8) is 0 Å². The minimum Gasteiger partial charge on any atom is -0.478 e. The van der Waals surface area contributed by atoms with Crippen LogP contribution in [0.3, 0.4) is 0 Å². The first kappa shape index (κ1) is 13.9. The summed E-state index contributed by atoms with van der Waals surface area (Å²) >= 11 is 0. The lowest BCUT2D eigenvalue weighted by Crippen LogP contribution is -2.20. The van der Waals surface area contributed by atoms with E-state index in [0.29, 0.717) is 6.29 Å². The van der Waals surface area contributed by atoms with Gasteiger partial charge in [0.05, 0.1) is 17.2 Å². The van der Waals surface area contributed by atoms with Gasteiger partial charge in [-0.05, 0) is 12.1 Å². The molecule has 1 aromatic rings. The maximum atomic E-state index is 11.6. The molecule has 0 spiro atoms. The number of hydrogen-bond donors (Lipinski definition) is 2. The molecule has 0 radical (unpaired) electrons. The third kappa shape index (κ3) is 3.67. The number of ether oxygens (including phenoxy) is 1. The van der Waals surface area contributed by atoms with Crippen molar-refractivity contribution in [2.45, 2.75) is 12.5 Å². The molecule has 0 aliphatic heterocycles. The highest BCUT2D eigenvalue weighted by atomic mass is 16.5. The largest absolute Gasteiger partial charge is 0.478 e. The van der Waals surface area contributed by atoms with E-state index in [-0.39, 0.29) is 24.2 Å². The van der Waals surface area contributed by atoms with Crippen LogP contribution in [0.5, 0.6) is 0 Å². The molecule has 0 aromatic heterocycles. The highest BCUT2D eigenvalue weighted by Crippen LogP contribution is 2.10. The molecule has 0 heterocycles. The van der Waals surface area contributed by atoms with E-state index in [1.54, 1.807) is 0 Å². The number of carboxylic acids is 1. The minimum atomic E-state index is -1.24. The number of rotatable bonds is 6. The monoisotopic (exact) mass is 252 g/mol. The third-order valence-corrected chi connectivity index (χ3v) is 2.15. The molecule has 0 aliphatic carbocycles. The lowest BCUT2D eigenvalue weighted by atomic mass is 10.1. The second-order valence-corrected chi connectivity index (χ2v) is 3.51. The zero-order chi connectivity index (χ0) is 13.5. The Morgan fingerprint density at radius 3 is 2.44 bits per heavy atom. The standard InChI is InChI=1S/C12H12O6/c13-6-5-8(14)7-18-12(17)10-4-2-1-3-9(10)11(15)16/h1-4,6,8,14H,5,7H2,(H,15,16). The number of benzene rings is 1. The average molecular weight is 252 g/mol. The van der Waals surface area contributed by atoms with Gasteiger partial charge in [0.25, 0.3) is 0 Å². The van der Waals surface area contributed by atoms with Crippen LogP contribution in [0, 0.1) is 0 Å². The fourth-order valence-corrected chi connectivity index (χ4v) is 1.28. The van der Waals surface area contributed by atoms with Crippen LogP contribution in [0.2, 0.25) is 0 Å². The molecule has 2 N–H and O–H groups in total. The first-order chi connectivity index (χ1) is 8.56. The summed E-state index contributed by atoms with van der Waals surface area (Å²) in [6, 6.07) is 5.59. The molecule has 1 rings (SSSR count). The predicted molar refractivity (Wildman–Crippen MR) is 60.4 cm³/mol. The number of aromatic carboxylic acids is 1. The molecule has 0 amide bonds. The number of aliphatic hydroxyl groups is 1. The van der Waals surface area contributed by atoms with Crippen LogP contribution in [-0.2, 0) is 9.53 Å². The zero-order valence-electron chi connectivity index (χ0n) is 9.41. The summed E-state index contributed by atoms with van der Waals surface area (Å²) < 4.78 is 4.72. The van der Waals surface area contributed by atoms with Crippen LogP contribution in [0.1, 0.15) is 27.1 Å². The third-order valence-electron chi connectivity index (χ3n) is 2.15. The van der Waals surface area contributed by atoms with Crippen LogP contribution in [-0.4, -0.2) is 41.1 Å². The van der Waals surface area contributed by atoms with Gasteiger partial charge in [-0.3, -0.25) is 0 Å². The van der Waals surface area contributed by atoms with Gasteiger partial charge in [0.1, 0.15) is 12.9 Å². The van der Waals surface area contributed by atoms with Crippen molar-refractivity contribution in [1.29, 1.82) is 0 Å². The Morgan fingerprint density at radius 1 is 1.28 bits per heavy atom. The van der Waals surface area contributed by atoms with Gasteiger partial charge in [0.15, 0.2) is 0 Å². The molecule has 0 saturated carbocycles. The van der Waals surface area contributed by atoms with Crippen molar-refractivity contribution in [2.24, 2.45) is 0 Å². The smallest absolute Gasteiger partial charge is 0.339 e. The maximum Gasteiger partial charge on any atom is 0.339 e. The predicted octanol–water partition coefficient (Wildman–Crippen LogP) is 0.491. The Hall–Kier alpha value is -2.21. The number of carbonyl (C=O) groups is 3. The van der Waals surface area contributed by atoms with E-state index < -0.39 is 18.0 Å². The number of esters is 1. The number of carboxylic acid groups (broad SMARTS) is 1. The molecular formula is C12H12O6. The van der Waals surface area contributed by atoms with E-state index in [2.05, 4.69) is 0 Å². The van der Waals surface area contributed by atoms with E-state index >= 15 is 0 Å². The Morgan fingerprint density at radius 2 is 1.89 bits per heavy atom. The summed E-state index contributed by atoms with van der Waals surface area (Å²) in [5.41, 5.74) is -0.268. The molecule has 6 heteroatoms.